The molecular weight excluding hydrogens is 504 g/mol. The highest BCUT2D eigenvalue weighted by Crippen LogP contribution is 2.70. The number of ether oxygens (including phenoxy) is 4. The van der Waals surface area contributed by atoms with E-state index < -0.39 is 41.9 Å². The van der Waals surface area contributed by atoms with Crippen LogP contribution in [0.5, 0.6) is 0 Å². The van der Waals surface area contributed by atoms with E-state index in [1.54, 1.807) is 13.0 Å². The third-order valence-electron chi connectivity index (χ3n) is 12.5. The Hall–Kier alpha value is -1.07. The number of carbonyl (C=O) groups is 1. The van der Waals surface area contributed by atoms with Crippen molar-refractivity contribution in [2.24, 2.45) is 28.6 Å². The molecule has 4 N–H and O–H groups in total. The van der Waals surface area contributed by atoms with Gasteiger partial charge < -0.3 is 39.4 Å². The van der Waals surface area contributed by atoms with Crippen molar-refractivity contribution in [2.45, 2.75) is 127 Å². The Morgan fingerprint density at radius 2 is 1.67 bits per heavy atom. The first-order valence-corrected chi connectivity index (χ1v) is 14.9. The van der Waals surface area contributed by atoms with Gasteiger partial charge in [0.1, 0.15) is 24.9 Å². The molecule has 9 heteroatoms. The highest BCUT2D eigenvalue weighted by Gasteiger charge is 2.70. The summed E-state index contributed by atoms with van der Waals surface area (Å²) in [7, 11) is 1.45. The van der Waals surface area contributed by atoms with Crippen LogP contribution in [-0.4, -0.2) is 88.1 Å². The molecule has 0 spiro atoms. The van der Waals surface area contributed by atoms with Crippen molar-refractivity contribution in [1.82, 2.24) is 0 Å². The summed E-state index contributed by atoms with van der Waals surface area (Å²) in [5.41, 5.74) is -1.43. The second-order valence-corrected chi connectivity index (χ2v) is 13.9. The fourth-order valence-electron chi connectivity index (χ4n) is 10.1. The average molecular weight is 551 g/mol. The van der Waals surface area contributed by atoms with Gasteiger partial charge in [-0.15, -0.1) is 0 Å². The van der Waals surface area contributed by atoms with Crippen LogP contribution in [0.4, 0.5) is 0 Å². The van der Waals surface area contributed by atoms with E-state index >= 15 is 0 Å². The molecule has 220 valence electrons. The van der Waals surface area contributed by atoms with Crippen LogP contribution in [0.1, 0.15) is 78.6 Å². The lowest BCUT2D eigenvalue weighted by atomic mass is 9.42. The third-order valence-corrected chi connectivity index (χ3v) is 12.5. The van der Waals surface area contributed by atoms with E-state index in [0.717, 1.165) is 37.7 Å². The zero-order valence-electron chi connectivity index (χ0n) is 23.7. The first-order chi connectivity index (χ1) is 18.4. The lowest BCUT2D eigenvalue weighted by molar-refractivity contribution is -0.321. The summed E-state index contributed by atoms with van der Waals surface area (Å²) in [6.45, 7) is 6.48. The summed E-state index contributed by atoms with van der Waals surface area (Å²) < 4.78 is 22.6. The molecule has 1 saturated heterocycles. The van der Waals surface area contributed by atoms with Gasteiger partial charge in [-0.2, -0.15) is 0 Å². The molecule has 0 aromatic carbocycles. The highest BCUT2D eigenvalue weighted by molar-refractivity contribution is 5.85. The van der Waals surface area contributed by atoms with Gasteiger partial charge in [0, 0.05) is 25.0 Å². The molecule has 4 aliphatic carbocycles. The second kappa shape index (κ2) is 9.48. The number of rotatable bonds is 4. The van der Waals surface area contributed by atoms with Crippen LogP contribution in [-0.2, 0) is 23.7 Å². The van der Waals surface area contributed by atoms with Crippen LogP contribution in [0, 0.1) is 28.6 Å². The van der Waals surface area contributed by atoms with E-state index in [-0.39, 0.29) is 40.7 Å². The molecule has 2 aliphatic heterocycles. The number of hydrogen-bond donors (Lipinski definition) is 4. The van der Waals surface area contributed by atoms with Crippen molar-refractivity contribution in [1.29, 1.82) is 0 Å². The number of aliphatic hydroxyl groups is 4. The largest absolute Gasteiger partial charge is 0.458 e. The Labute approximate surface area is 230 Å². The van der Waals surface area contributed by atoms with E-state index in [1.807, 2.05) is 0 Å². The topological polar surface area (TPSA) is 135 Å². The maximum atomic E-state index is 12.4. The molecule has 0 aromatic rings. The fourth-order valence-corrected chi connectivity index (χ4v) is 10.1. The number of cyclic esters (lactones) is 1. The Morgan fingerprint density at radius 1 is 0.949 bits per heavy atom. The monoisotopic (exact) mass is 550 g/mol. The number of methoxy groups -OCH3 is 1. The normalized spacial score (nSPS) is 55.3. The molecular formula is C30H46O9. The molecule has 39 heavy (non-hydrogen) atoms. The standard InChI is InChI=1S/C30H46O9/c1-16-23(32)25(36-4)24(33)26(38-16)39-18-5-9-27(2)20-6-10-28(3)19(17-13-22(31)37-15-17)8-12-30(28,35)21(20)7-11-29(27,34)14-18/h13,16,18-21,23-26,32-35H,5-12,14-15H2,1-4H3/t16?,18-,19?,20?,21?,23?,24?,25?,26?,27+,28+,29-,30-/m0/s1. The molecule has 13 atom stereocenters. The minimum atomic E-state index is -1.13. The van der Waals surface area contributed by atoms with Crippen LogP contribution >= 0.6 is 0 Å². The summed E-state index contributed by atoms with van der Waals surface area (Å²) >= 11 is 0. The van der Waals surface area contributed by atoms with Gasteiger partial charge in [-0.05, 0) is 87.0 Å². The van der Waals surface area contributed by atoms with E-state index in [4.69, 9.17) is 18.9 Å². The van der Waals surface area contributed by atoms with Crippen LogP contribution in [0.25, 0.3) is 0 Å². The van der Waals surface area contributed by atoms with Gasteiger partial charge in [0.05, 0.1) is 23.4 Å². The summed E-state index contributed by atoms with van der Waals surface area (Å²) in [5.74, 6) is 0.151. The highest BCUT2D eigenvalue weighted by atomic mass is 16.7. The molecule has 4 saturated carbocycles. The Balaban J connectivity index is 1.19. The molecule has 0 bridgehead atoms. The summed E-state index contributed by atoms with van der Waals surface area (Å²) in [6, 6.07) is 0. The van der Waals surface area contributed by atoms with Crippen molar-refractivity contribution in [3.05, 3.63) is 11.6 Å². The zero-order valence-corrected chi connectivity index (χ0v) is 23.7. The lowest BCUT2D eigenvalue weighted by Gasteiger charge is -2.66. The van der Waals surface area contributed by atoms with Gasteiger partial charge in [-0.25, -0.2) is 4.79 Å². The van der Waals surface area contributed by atoms with Gasteiger partial charge >= 0.3 is 5.97 Å². The van der Waals surface area contributed by atoms with Gasteiger partial charge in [0.15, 0.2) is 6.29 Å². The smallest absolute Gasteiger partial charge is 0.331 e. The summed E-state index contributed by atoms with van der Waals surface area (Å²) in [5, 5.41) is 45.7. The molecule has 6 aliphatic rings. The quantitative estimate of drug-likeness (QED) is 0.307. The molecule has 0 aromatic heterocycles. The van der Waals surface area contributed by atoms with Crippen molar-refractivity contribution >= 4 is 5.97 Å². The maximum absolute atomic E-state index is 12.4. The maximum Gasteiger partial charge on any atom is 0.331 e. The van der Waals surface area contributed by atoms with E-state index in [9.17, 15) is 25.2 Å². The molecule has 0 amide bonds. The molecule has 9 nitrogen and oxygen atoms in total. The Morgan fingerprint density at radius 3 is 2.36 bits per heavy atom. The van der Waals surface area contributed by atoms with Gasteiger partial charge in [-0.1, -0.05) is 13.8 Å². The van der Waals surface area contributed by atoms with E-state index in [1.165, 1.54) is 7.11 Å². The zero-order chi connectivity index (χ0) is 28.0. The first kappa shape index (κ1) is 28.1. The molecule has 6 rings (SSSR count). The predicted octanol–water partition coefficient (Wildman–Crippen LogP) is 2.23. The van der Waals surface area contributed by atoms with Gasteiger partial charge in [-0.3, -0.25) is 0 Å². The van der Waals surface area contributed by atoms with Crippen molar-refractivity contribution < 1.29 is 44.2 Å². The van der Waals surface area contributed by atoms with Gasteiger partial charge in [0.2, 0.25) is 0 Å². The number of fused-ring (bicyclic) bond motifs is 5. The molecule has 5 fully saturated rings. The van der Waals surface area contributed by atoms with Crippen LogP contribution in [0.15, 0.2) is 11.6 Å². The number of carbonyl (C=O) groups excluding carboxylic acids is 1. The second-order valence-electron chi connectivity index (χ2n) is 13.9. The first-order valence-electron chi connectivity index (χ1n) is 14.9. The average Bonchev–Trinajstić information content (AvgIpc) is 3.43. The third kappa shape index (κ3) is 3.94. The molecule has 0 radical (unpaired) electrons. The lowest BCUT2D eigenvalue weighted by Crippen LogP contribution is -2.67. The van der Waals surface area contributed by atoms with Crippen LogP contribution in [0.3, 0.4) is 0 Å². The van der Waals surface area contributed by atoms with Crippen LogP contribution < -0.4 is 0 Å². The van der Waals surface area contributed by atoms with Crippen molar-refractivity contribution in [3.8, 4) is 0 Å². The fraction of sp³-hybridized carbons (Fsp3) is 0.900. The number of esters is 1. The number of hydrogen-bond acceptors (Lipinski definition) is 9. The Bertz CT molecular complexity index is 1020. The van der Waals surface area contributed by atoms with Crippen molar-refractivity contribution in [3.63, 3.8) is 0 Å². The van der Waals surface area contributed by atoms with Gasteiger partial charge in [0.25, 0.3) is 0 Å². The van der Waals surface area contributed by atoms with E-state index in [0.29, 0.717) is 32.3 Å². The number of aliphatic hydroxyl groups excluding tert-OH is 2. The minimum Gasteiger partial charge on any atom is -0.458 e. The van der Waals surface area contributed by atoms with Crippen molar-refractivity contribution in [2.75, 3.05) is 13.7 Å². The summed E-state index contributed by atoms with van der Waals surface area (Å²) in [4.78, 5) is 11.8. The molecule has 8 unspecified atom stereocenters. The summed E-state index contributed by atoms with van der Waals surface area (Å²) in [6.07, 6.45) is 3.58. The Kier molecular flexibility index (Phi) is 6.82. The SMILES string of the molecule is COC1C(O)C(C)OC(O[C@H]2CC[C@]3(C)C4CC[C@]5(C)C(C6=CC(=O)OC6)CC[C@]5(O)C4CC[C@]3(O)C2)C1O. The predicted molar refractivity (Wildman–Crippen MR) is 139 cm³/mol. The molecule has 2 heterocycles. The van der Waals surface area contributed by atoms with E-state index in [2.05, 4.69) is 13.8 Å². The minimum absolute atomic E-state index is 0.0934. The van der Waals surface area contributed by atoms with Crippen LogP contribution in [0.2, 0.25) is 0 Å².